The minimum Gasteiger partial charge on any atom is -0.398 e. The molecule has 1 saturated carbocycles. The van der Waals surface area contributed by atoms with E-state index < -0.39 is 0 Å². The maximum absolute atomic E-state index is 6.43. The molecule has 20 heavy (non-hydrogen) atoms. The van der Waals surface area contributed by atoms with Crippen LogP contribution in [-0.4, -0.2) is 23.7 Å². The Kier molecular flexibility index (Phi) is 5.80. The molecule has 4 N–H and O–H groups in total. The molecule has 2 rings (SSSR count). The Morgan fingerprint density at radius 2 is 2.10 bits per heavy atom. The first-order chi connectivity index (χ1) is 9.72. The minimum absolute atomic E-state index is 0.00968. The molecule has 2 unspecified atom stereocenters. The van der Waals surface area contributed by atoms with Gasteiger partial charge in [0.2, 0.25) is 0 Å². The maximum atomic E-state index is 6.43. The van der Waals surface area contributed by atoms with Crippen molar-refractivity contribution in [1.29, 1.82) is 0 Å². The monoisotopic (exact) mass is 277 g/mol. The van der Waals surface area contributed by atoms with E-state index in [1.54, 1.807) is 6.20 Å². The lowest BCUT2D eigenvalue weighted by atomic mass is 9.81. The second kappa shape index (κ2) is 7.60. The van der Waals surface area contributed by atoms with Crippen molar-refractivity contribution in [2.45, 2.75) is 57.6 Å². The first-order valence-electron chi connectivity index (χ1n) is 7.78. The van der Waals surface area contributed by atoms with Gasteiger partial charge in [0.05, 0.1) is 6.10 Å². The van der Waals surface area contributed by atoms with Gasteiger partial charge in [-0.2, -0.15) is 0 Å². The molecule has 0 saturated heterocycles. The number of nitrogens with zero attached hydrogens (tertiary/aromatic N) is 1. The number of rotatable bonds is 6. The zero-order chi connectivity index (χ0) is 14.4. The second-order valence-corrected chi connectivity index (χ2v) is 5.76. The summed E-state index contributed by atoms with van der Waals surface area (Å²) >= 11 is 0. The van der Waals surface area contributed by atoms with Crippen molar-refractivity contribution in [2.75, 3.05) is 12.3 Å². The highest BCUT2D eigenvalue weighted by atomic mass is 16.5. The summed E-state index contributed by atoms with van der Waals surface area (Å²) in [5, 5.41) is 0. The summed E-state index contributed by atoms with van der Waals surface area (Å²) in [6.45, 7) is 2.76. The van der Waals surface area contributed by atoms with Crippen LogP contribution in [0, 0.1) is 5.92 Å². The molecular formula is C16H27N3O. The predicted molar refractivity (Wildman–Crippen MR) is 82.3 cm³/mol. The van der Waals surface area contributed by atoms with Gasteiger partial charge >= 0.3 is 0 Å². The van der Waals surface area contributed by atoms with Crippen molar-refractivity contribution in [3.8, 4) is 0 Å². The Morgan fingerprint density at radius 1 is 1.35 bits per heavy atom. The van der Waals surface area contributed by atoms with Crippen molar-refractivity contribution < 1.29 is 4.74 Å². The number of hydrogen-bond donors (Lipinski definition) is 2. The number of nitrogens with two attached hydrogens (primary N) is 2. The molecule has 4 heteroatoms. The Labute approximate surface area is 121 Å². The lowest BCUT2D eigenvalue weighted by Crippen LogP contribution is -2.44. The third-order valence-electron chi connectivity index (χ3n) is 4.29. The number of hydrogen-bond acceptors (Lipinski definition) is 4. The van der Waals surface area contributed by atoms with Gasteiger partial charge in [0.15, 0.2) is 0 Å². The predicted octanol–water partition coefficient (Wildman–Crippen LogP) is 2.52. The SMILES string of the molecule is CCOC(C(N)Cc1cnccc1N)C1CCCCC1. The average molecular weight is 277 g/mol. The summed E-state index contributed by atoms with van der Waals surface area (Å²) in [5.74, 6) is 0.594. The summed E-state index contributed by atoms with van der Waals surface area (Å²) in [6.07, 6.45) is 10.8. The molecule has 0 aromatic carbocycles. The smallest absolute Gasteiger partial charge is 0.0757 e. The molecule has 0 radical (unpaired) electrons. The number of aromatic nitrogens is 1. The van der Waals surface area contributed by atoms with E-state index >= 15 is 0 Å². The zero-order valence-corrected chi connectivity index (χ0v) is 12.4. The lowest BCUT2D eigenvalue weighted by molar-refractivity contribution is -0.00910. The van der Waals surface area contributed by atoms with Gasteiger partial charge in [0.1, 0.15) is 0 Å². The van der Waals surface area contributed by atoms with Crippen LogP contribution >= 0.6 is 0 Å². The maximum Gasteiger partial charge on any atom is 0.0757 e. The third kappa shape index (κ3) is 3.93. The number of pyridine rings is 1. The highest BCUT2D eigenvalue weighted by Crippen LogP contribution is 2.30. The van der Waals surface area contributed by atoms with Crippen LogP contribution in [0.25, 0.3) is 0 Å². The zero-order valence-electron chi connectivity index (χ0n) is 12.4. The fourth-order valence-electron chi connectivity index (χ4n) is 3.24. The fraction of sp³-hybridized carbons (Fsp3) is 0.688. The molecule has 0 spiro atoms. The van der Waals surface area contributed by atoms with Crippen LogP contribution in [0.15, 0.2) is 18.5 Å². The van der Waals surface area contributed by atoms with Gasteiger partial charge in [-0.1, -0.05) is 19.3 Å². The summed E-state index contributed by atoms with van der Waals surface area (Å²) < 4.78 is 5.97. The molecule has 4 nitrogen and oxygen atoms in total. The highest BCUT2D eigenvalue weighted by molar-refractivity contribution is 5.44. The van der Waals surface area contributed by atoms with E-state index in [4.69, 9.17) is 16.2 Å². The summed E-state index contributed by atoms with van der Waals surface area (Å²) in [5.41, 5.74) is 14.2. The Balaban J connectivity index is 2.02. The molecule has 2 atom stereocenters. The topological polar surface area (TPSA) is 74.2 Å². The van der Waals surface area contributed by atoms with Crippen LogP contribution in [0.3, 0.4) is 0 Å². The standard InChI is InChI=1S/C16H27N3O/c1-2-20-16(12-6-4-3-5-7-12)15(18)10-13-11-19-9-8-14(13)17/h8-9,11-12,15-16H,2-7,10,18H2,1H3,(H2,17,19). The van der Waals surface area contributed by atoms with Gasteiger partial charge in [-0.15, -0.1) is 0 Å². The van der Waals surface area contributed by atoms with Crippen LogP contribution in [0.1, 0.15) is 44.6 Å². The first kappa shape index (κ1) is 15.3. The summed E-state index contributed by atoms with van der Waals surface area (Å²) in [4.78, 5) is 4.14. The molecule has 0 bridgehead atoms. The summed E-state index contributed by atoms with van der Waals surface area (Å²) in [6, 6.07) is 1.82. The van der Waals surface area contributed by atoms with Gasteiger partial charge in [0.25, 0.3) is 0 Å². The minimum atomic E-state index is -0.00968. The van der Waals surface area contributed by atoms with Crippen LogP contribution < -0.4 is 11.5 Å². The fourth-order valence-corrected chi connectivity index (χ4v) is 3.24. The van der Waals surface area contributed by atoms with Crippen molar-refractivity contribution in [3.63, 3.8) is 0 Å². The molecule has 0 amide bonds. The van der Waals surface area contributed by atoms with E-state index in [0.29, 0.717) is 5.92 Å². The first-order valence-corrected chi connectivity index (χ1v) is 7.78. The van der Waals surface area contributed by atoms with E-state index in [9.17, 15) is 0 Å². The molecule has 1 aliphatic rings. The Hall–Kier alpha value is -1.13. The van der Waals surface area contributed by atoms with Gasteiger partial charge in [-0.25, -0.2) is 0 Å². The van der Waals surface area contributed by atoms with Crippen LogP contribution in [0.5, 0.6) is 0 Å². The largest absolute Gasteiger partial charge is 0.398 e. The van der Waals surface area contributed by atoms with Crippen LogP contribution in [-0.2, 0) is 11.2 Å². The average Bonchev–Trinajstić information content (AvgIpc) is 2.48. The molecule has 1 aliphatic carbocycles. The number of ether oxygens (including phenoxy) is 1. The molecule has 112 valence electrons. The van der Waals surface area contributed by atoms with E-state index in [-0.39, 0.29) is 12.1 Å². The third-order valence-corrected chi connectivity index (χ3v) is 4.29. The van der Waals surface area contributed by atoms with Gasteiger partial charge < -0.3 is 16.2 Å². The van der Waals surface area contributed by atoms with Crippen molar-refractivity contribution in [1.82, 2.24) is 4.98 Å². The van der Waals surface area contributed by atoms with E-state index in [0.717, 1.165) is 24.3 Å². The Bertz CT molecular complexity index is 404. The second-order valence-electron chi connectivity index (χ2n) is 5.76. The van der Waals surface area contributed by atoms with Crippen molar-refractivity contribution >= 4 is 5.69 Å². The molecular weight excluding hydrogens is 250 g/mol. The van der Waals surface area contributed by atoms with E-state index in [2.05, 4.69) is 4.98 Å². The van der Waals surface area contributed by atoms with Crippen LogP contribution in [0.2, 0.25) is 0 Å². The van der Waals surface area contributed by atoms with E-state index in [1.165, 1.54) is 32.1 Å². The van der Waals surface area contributed by atoms with Gasteiger partial charge in [-0.3, -0.25) is 4.98 Å². The number of anilines is 1. The van der Waals surface area contributed by atoms with Gasteiger partial charge in [0, 0.05) is 30.7 Å². The van der Waals surface area contributed by atoms with E-state index in [1.807, 2.05) is 19.2 Å². The van der Waals surface area contributed by atoms with Crippen LogP contribution in [0.4, 0.5) is 5.69 Å². The molecule has 1 aromatic rings. The molecule has 1 heterocycles. The Morgan fingerprint density at radius 3 is 2.75 bits per heavy atom. The molecule has 0 aliphatic heterocycles. The lowest BCUT2D eigenvalue weighted by Gasteiger charge is -2.34. The van der Waals surface area contributed by atoms with Crippen molar-refractivity contribution in [2.24, 2.45) is 11.7 Å². The van der Waals surface area contributed by atoms with Gasteiger partial charge in [-0.05, 0) is 43.7 Å². The number of nitrogen functional groups attached to an aromatic ring is 1. The molecule has 1 aromatic heterocycles. The highest BCUT2D eigenvalue weighted by Gasteiger charge is 2.29. The molecule has 1 fully saturated rings. The quantitative estimate of drug-likeness (QED) is 0.838. The normalized spacial score (nSPS) is 19.7. The summed E-state index contributed by atoms with van der Waals surface area (Å²) in [7, 11) is 0. The van der Waals surface area contributed by atoms with Crippen molar-refractivity contribution in [3.05, 3.63) is 24.0 Å².